The topological polar surface area (TPSA) is 259 Å². The normalized spacial score (nSPS) is 34.5. The Balaban J connectivity index is 0.00000290. The van der Waals surface area contributed by atoms with Gasteiger partial charge in [-0.2, -0.15) is 8.42 Å². The standard InChI is InChI=1S/C55H86N2O14.CH4O3S/c1-33-18-14-13-15-19-34(2)45(66-10)30-41-23-21-39(7)55(65,71-41)52(62)53(63)57-25-17-16-20-42(57)54(64)69-46(36(4)28-40-22-24-43(58)47(29-40)67-11)31-44(59)35(3)27-38(6)50(70-48(60)32-56(8)9)51(68-12)49(61)37(5)26-33;1-5(2,3)4/h13-15,18-19,27,33,35-37,39-43,45-47,50-51,58,65H,16-17,20-26,28-32H2,1-12H3;1H3,(H,2,3,4)/b15-13?,18-14+,34-19?,38-27?;/t33?,35?,36?,37?,39?,40?,41?,42?,43?,45?,46?,47?,50?,51?,55-;/m0./s1. The summed E-state index contributed by atoms with van der Waals surface area (Å²) < 4.78 is 61.6. The Labute approximate surface area is 451 Å². The largest absolute Gasteiger partial charge is 0.460 e. The molecule has 0 spiro atoms. The fourth-order valence-corrected chi connectivity index (χ4v) is 10.7. The molecule has 1 saturated carbocycles. The van der Waals surface area contributed by atoms with Crippen LogP contribution in [0.1, 0.15) is 126 Å². The van der Waals surface area contributed by atoms with E-state index in [0.717, 1.165) is 5.57 Å². The van der Waals surface area contributed by atoms with Gasteiger partial charge in [-0.3, -0.25) is 33.4 Å². The third kappa shape index (κ3) is 20.3. The van der Waals surface area contributed by atoms with E-state index in [0.29, 0.717) is 76.0 Å². The average molecular weight is 1100 g/mol. The Morgan fingerprint density at radius 1 is 0.882 bits per heavy atom. The van der Waals surface area contributed by atoms with Crippen LogP contribution in [-0.2, 0) is 67.3 Å². The van der Waals surface area contributed by atoms with Crippen molar-refractivity contribution in [1.82, 2.24) is 9.80 Å². The van der Waals surface area contributed by atoms with E-state index < -0.39 is 100.0 Å². The predicted octanol–water partition coefficient (Wildman–Crippen LogP) is 5.80. The highest BCUT2D eigenvalue weighted by molar-refractivity contribution is 7.85. The van der Waals surface area contributed by atoms with Crippen LogP contribution in [0.5, 0.6) is 0 Å². The number of aliphatic hydroxyl groups is 2. The van der Waals surface area contributed by atoms with E-state index in [2.05, 4.69) is 0 Å². The van der Waals surface area contributed by atoms with Gasteiger partial charge in [0.2, 0.25) is 5.79 Å². The van der Waals surface area contributed by atoms with Crippen molar-refractivity contribution in [3.63, 3.8) is 0 Å². The summed E-state index contributed by atoms with van der Waals surface area (Å²) in [6.07, 6.45) is 11.7. The van der Waals surface area contributed by atoms with Crippen molar-refractivity contribution in [3.8, 4) is 0 Å². The van der Waals surface area contributed by atoms with Crippen LogP contribution >= 0.6 is 0 Å². The quantitative estimate of drug-likeness (QED) is 0.107. The maximum Gasteiger partial charge on any atom is 0.329 e. The highest BCUT2D eigenvalue weighted by atomic mass is 32.2. The third-order valence-electron chi connectivity index (χ3n) is 15.2. The first-order valence-electron chi connectivity index (χ1n) is 26.8. The van der Waals surface area contributed by atoms with Crippen molar-refractivity contribution in [2.24, 2.45) is 35.5 Å². The summed E-state index contributed by atoms with van der Waals surface area (Å²) in [6, 6.07) is -1.17. The first-order chi connectivity index (χ1) is 35.5. The third-order valence-corrected chi connectivity index (χ3v) is 15.2. The fraction of sp³-hybridized carbons (Fsp3) is 0.750. The number of rotatable bonds is 9. The lowest BCUT2D eigenvalue weighted by Crippen LogP contribution is -2.61. The number of aliphatic hydroxyl groups excluding tert-OH is 1. The lowest BCUT2D eigenvalue weighted by atomic mass is 9.78. The number of carbonyl (C=O) groups is 6. The molecule has 76 heavy (non-hydrogen) atoms. The molecule has 2 saturated heterocycles. The monoisotopic (exact) mass is 1090 g/mol. The molecule has 4 aliphatic rings. The number of hydrogen-bond donors (Lipinski definition) is 3. The van der Waals surface area contributed by atoms with E-state index in [1.54, 1.807) is 60.1 Å². The minimum atomic E-state index is -3.67. The number of carbonyl (C=O) groups excluding carboxylic acids is 6. The number of fused-ring (bicyclic) bond motifs is 3. The summed E-state index contributed by atoms with van der Waals surface area (Å²) >= 11 is 0. The van der Waals surface area contributed by atoms with Crippen LogP contribution in [0.2, 0.25) is 0 Å². The molecule has 14 unspecified atom stereocenters. The zero-order chi connectivity index (χ0) is 57.2. The van der Waals surface area contributed by atoms with E-state index in [1.807, 2.05) is 58.1 Å². The molecule has 3 aliphatic heterocycles. The average Bonchev–Trinajstić information content (AvgIpc) is 3.34. The number of Topliss-reactive ketones (excluding diaryl/α,β-unsaturated/α-hetero) is 3. The van der Waals surface area contributed by atoms with E-state index in [9.17, 15) is 47.4 Å². The van der Waals surface area contributed by atoms with Crippen molar-refractivity contribution >= 4 is 45.3 Å². The fourth-order valence-electron chi connectivity index (χ4n) is 10.7. The number of ether oxygens (including phenoxy) is 6. The molecule has 2 bridgehead atoms. The van der Waals surface area contributed by atoms with E-state index >= 15 is 0 Å². The second-order valence-corrected chi connectivity index (χ2v) is 23.5. The molecule has 0 aromatic rings. The van der Waals surface area contributed by atoms with Gasteiger partial charge >= 0.3 is 11.9 Å². The Kier molecular flexibility index (Phi) is 27.0. The molecule has 432 valence electrons. The number of likely N-dealkylation sites (N-methyl/N-ethyl adjacent to an activating group) is 1. The van der Waals surface area contributed by atoms with Crippen LogP contribution < -0.4 is 0 Å². The van der Waals surface area contributed by atoms with Gasteiger partial charge < -0.3 is 43.5 Å². The van der Waals surface area contributed by atoms with Crippen molar-refractivity contribution < 1.29 is 80.4 Å². The number of piperidine rings is 1. The molecule has 3 heterocycles. The maximum atomic E-state index is 14.5. The van der Waals surface area contributed by atoms with Crippen LogP contribution in [0.15, 0.2) is 47.6 Å². The number of methoxy groups -OCH3 is 3. The van der Waals surface area contributed by atoms with E-state index in [-0.39, 0.29) is 61.4 Å². The number of amides is 1. The van der Waals surface area contributed by atoms with Gasteiger partial charge in [-0.1, -0.05) is 71.1 Å². The summed E-state index contributed by atoms with van der Waals surface area (Å²) in [5.41, 5.74) is 1.30. The Bertz CT molecular complexity index is 2180. The van der Waals surface area contributed by atoms with Crippen molar-refractivity contribution in [1.29, 1.82) is 0 Å². The molecule has 4 rings (SSSR count). The minimum Gasteiger partial charge on any atom is -0.460 e. The van der Waals surface area contributed by atoms with Gasteiger partial charge in [0.15, 0.2) is 18.0 Å². The first-order valence-corrected chi connectivity index (χ1v) is 28.6. The second-order valence-electron chi connectivity index (χ2n) is 22.0. The van der Waals surface area contributed by atoms with Gasteiger partial charge in [-0.15, -0.1) is 0 Å². The van der Waals surface area contributed by atoms with Gasteiger partial charge in [0, 0.05) is 58.5 Å². The summed E-state index contributed by atoms with van der Waals surface area (Å²) in [7, 11) is 4.31. The molecule has 3 N–H and O–H groups in total. The molecule has 0 aromatic carbocycles. The highest BCUT2D eigenvalue weighted by Crippen LogP contribution is 2.38. The van der Waals surface area contributed by atoms with Crippen LogP contribution in [0.4, 0.5) is 0 Å². The van der Waals surface area contributed by atoms with Crippen LogP contribution in [0, 0.1) is 35.5 Å². The minimum absolute atomic E-state index is 0.0246. The van der Waals surface area contributed by atoms with Crippen molar-refractivity contribution in [2.75, 3.05) is 54.8 Å². The van der Waals surface area contributed by atoms with E-state index in [1.165, 1.54) is 12.0 Å². The van der Waals surface area contributed by atoms with Crippen molar-refractivity contribution in [2.45, 2.75) is 180 Å². The van der Waals surface area contributed by atoms with Gasteiger partial charge in [0.05, 0.1) is 37.2 Å². The maximum absolute atomic E-state index is 14.5. The number of ketones is 3. The zero-order valence-corrected chi connectivity index (χ0v) is 48.1. The molecule has 20 heteroatoms. The van der Waals surface area contributed by atoms with Crippen LogP contribution in [-0.4, -0.2) is 178 Å². The molecule has 3 fully saturated rings. The molecule has 1 amide bonds. The first kappa shape index (κ1) is 66.3. The zero-order valence-electron chi connectivity index (χ0n) is 47.3. The SMILES string of the molecule is COC1CC2CCC(C)[C@](O)(O2)C(=O)C(=O)N2CCCCC2C(=O)OC(C(C)CC2CCC(O)C(OC)C2)CC(=O)C(C)C=C(C)C(OC(=O)CN(C)C)C(OC)C(=O)C(C)CC(C)/C=C/C=CC=C1C.CS(=O)(=O)O. The molecule has 0 aromatic heterocycles. The summed E-state index contributed by atoms with van der Waals surface area (Å²) in [4.78, 5) is 87.9. The number of cyclic esters (lactones) is 1. The molecule has 15 atom stereocenters. The number of allylic oxidation sites excluding steroid dienone is 6. The molecular weight excluding hydrogens is 1000 g/mol. The number of esters is 2. The number of nitrogens with zero attached hydrogens (tertiary/aromatic N) is 2. The molecule has 0 radical (unpaired) electrons. The van der Waals surface area contributed by atoms with Crippen LogP contribution in [0.25, 0.3) is 0 Å². The van der Waals surface area contributed by atoms with Crippen molar-refractivity contribution in [3.05, 3.63) is 47.6 Å². The Morgan fingerprint density at radius 3 is 2.17 bits per heavy atom. The summed E-state index contributed by atoms with van der Waals surface area (Å²) in [6.45, 7) is 12.7. The number of hydrogen-bond acceptors (Lipinski definition) is 17. The Hall–Kier alpha value is -3.99. The lowest BCUT2D eigenvalue weighted by Gasteiger charge is -2.42. The predicted molar refractivity (Wildman–Crippen MR) is 285 cm³/mol. The van der Waals surface area contributed by atoms with E-state index in [4.69, 9.17) is 33.0 Å². The summed E-state index contributed by atoms with van der Waals surface area (Å²) in [5.74, 6) is -8.85. The molecular formula is C56H90N2O17S. The lowest BCUT2D eigenvalue weighted by molar-refractivity contribution is -0.265. The smallest absolute Gasteiger partial charge is 0.329 e. The highest BCUT2D eigenvalue weighted by Gasteiger charge is 2.53. The second kappa shape index (κ2) is 31.0. The molecule has 19 nitrogen and oxygen atoms in total. The van der Waals surface area contributed by atoms with Gasteiger partial charge in [-0.25, -0.2) is 4.79 Å². The van der Waals surface area contributed by atoms with Gasteiger partial charge in [-0.05, 0) is 121 Å². The molecule has 1 aliphatic carbocycles. The Morgan fingerprint density at radius 2 is 1.55 bits per heavy atom. The summed E-state index contributed by atoms with van der Waals surface area (Å²) in [5, 5.41) is 22.6. The van der Waals surface area contributed by atoms with Crippen LogP contribution in [0.3, 0.4) is 0 Å². The van der Waals surface area contributed by atoms with Gasteiger partial charge in [0.1, 0.15) is 17.9 Å². The van der Waals surface area contributed by atoms with Gasteiger partial charge in [0.25, 0.3) is 21.8 Å².